The molecule has 5 aromatic rings. The number of hydrogen-bond donors (Lipinski definition) is 0. The van der Waals surface area contributed by atoms with Crippen LogP contribution in [-0.4, -0.2) is 18.6 Å². The molecule has 7 rings (SSSR count). The maximum Gasteiger partial charge on any atom is 0.417 e. The van der Waals surface area contributed by atoms with Crippen molar-refractivity contribution in [2.45, 2.75) is 32.4 Å². The zero-order chi connectivity index (χ0) is 31.1. The smallest absolute Gasteiger partial charge is 0.344 e. The highest BCUT2D eigenvalue weighted by atomic mass is 19.4. The molecule has 0 saturated carbocycles. The average molecular weight is 588 g/mol. The van der Waals surface area contributed by atoms with E-state index >= 15 is 0 Å². The van der Waals surface area contributed by atoms with E-state index in [1.165, 1.54) is 12.1 Å². The molecule has 0 spiro atoms. The number of ketones is 2. The Balaban J connectivity index is 1.31. The van der Waals surface area contributed by atoms with Crippen molar-refractivity contribution in [1.82, 2.24) is 0 Å². The minimum Gasteiger partial charge on any atom is -0.344 e. The lowest BCUT2D eigenvalue weighted by Crippen LogP contribution is -2.31. The third-order valence-electron chi connectivity index (χ3n) is 9.05. The van der Waals surface area contributed by atoms with Crippen molar-refractivity contribution in [3.8, 4) is 11.1 Å². The molecule has 0 aromatic heterocycles. The minimum absolute atomic E-state index is 0.124. The van der Waals surface area contributed by atoms with Crippen molar-refractivity contribution in [2.24, 2.45) is 0 Å². The molecule has 44 heavy (non-hydrogen) atoms. The summed E-state index contributed by atoms with van der Waals surface area (Å²) in [6.07, 6.45) is -2.83. The molecule has 218 valence electrons. The zero-order valence-corrected chi connectivity index (χ0v) is 24.6. The maximum atomic E-state index is 14.0. The summed E-state index contributed by atoms with van der Waals surface area (Å²) in [5.41, 5.74) is 5.26. The lowest BCUT2D eigenvalue weighted by atomic mass is 9.72. The van der Waals surface area contributed by atoms with Crippen LogP contribution in [0.2, 0.25) is 0 Å². The molecule has 0 radical (unpaired) electrons. The van der Waals surface area contributed by atoms with Crippen LogP contribution in [0, 0.1) is 6.92 Å². The van der Waals surface area contributed by atoms with Gasteiger partial charge in [0, 0.05) is 35.0 Å². The number of carbonyl (C=O) groups is 2. The van der Waals surface area contributed by atoms with Gasteiger partial charge in [-0.1, -0.05) is 67.9 Å². The number of rotatable bonds is 2. The molecule has 0 N–H and O–H groups in total. The normalized spacial score (nSPS) is 15.3. The fourth-order valence-electron chi connectivity index (χ4n) is 6.66. The first-order chi connectivity index (χ1) is 20.8. The third kappa shape index (κ3) is 4.20. The number of hydrogen-bond acceptors (Lipinski definition) is 3. The van der Waals surface area contributed by atoms with E-state index in [4.69, 9.17) is 0 Å². The third-order valence-corrected chi connectivity index (χ3v) is 9.05. The number of aryl methyl sites for hydroxylation is 1. The average Bonchev–Trinajstić information content (AvgIpc) is 3.22. The Kier molecular flexibility index (Phi) is 6.02. The van der Waals surface area contributed by atoms with Gasteiger partial charge in [0.2, 0.25) is 0 Å². The highest BCUT2D eigenvalue weighted by molar-refractivity contribution is 6.42. The molecular formula is C38H28F3NO2. The van der Waals surface area contributed by atoms with E-state index in [-0.39, 0.29) is 22.7 Å². The van der Waals surface area contributed by atoms with Gasteiger partial charge < -0.3 is 4.90 Å². The zero-order valence-electron chi connectivity index (χ0n) is 24.6. The van der Waals surface area contributed by atoms with Crippen LogP contribution in [0.1, 0.15) is 62.4 Å². The lowest BCUT2D eigenvalue weighted by molar-refractivity contribution is -0.137. The Morgan fingerprint density at radius 1 is 0.705 bits per heavy atom. The van der Waals surface area contributed by atoms with Crippen LogP contribution in [0.4, 0.5) is 24.5 Å². The van der Waals surface area contributed by atoms with Crippen LogP contribution >= 0.6 is 0 Å². The van der Waals surface area contributed by atoms with E-state index in [1.54, 1.807) is 37.3 Å². The van der Waals surface area contributed by atoms with E-state index in [1.807, 2.05) is 80.4 Å². The van der Waals surface area contributed by atoms with Crippen molar-refractivity contribution in [1.29, 1.82) is 0 Å². The number of Topliss-reactive ketones (excluding diaryl/α,β-unsaturated/α-hetero) is 2. The number of benzene rings is 5. The van der Waals surface area contributed by atoms with Gasteiger partial charge in [-0.2, -0.15) is 13.2 Å². The molecule has 0 saturated heterocycles. The molecule has 0 bridgehead atoms. The molecule has 0 unspecified atom stereocenters. The van der Waals surface area contributed by atoms with Gasteiger partial charge in [0.15, 0.2) is 11.6 Å². The molecular weight excluding hydrogens is 559 g/mol. The first-order valence-corrected chi connectivity index (χ1v) is 14.4. The Hall–Kier alpha value is -4.97. The lowest BCUT2D eigenvalue weighted by Gasteiger charge is -2.41. The molecule has 1 heterocycles. The molecule has 2 aliphatic rings. The molecule has 5 aromatic carbocycles. The van der Waals surface area contributed by atoms with Crippen LogP contribution in [0.15, 0.2) is 96.6 Å². The van der Waals surface area contributed by atoms with Gasteiger partial charge in [-0.25, -0.2) is 0 Å². The van der Waals surface area contributed by atoms with Gasteiger partial charge in [0.05, 0.1) is 11.1 Å². The van der Waals surface area contributed by atoms with Gasteiger partial charge in [-0.15, -0.1) is 0 Å². The fraction of sp³-hybridized carbons (Fsp3) is 0.158. The maximum absolute atomic E-state index is 14.0. The number of halogens is 3. The summed E-state index contributed by atoms with van der Waals surface area (Å²) in [6, 6.07) is 26.9. The second kappa shape index (κ2) is 9.52. The van der Waals surface area contributed by atoms with Gasteiger partial charge in [-0.05, 0) is 94.1 Å². The summed E-state index contributed by atoms with van der Waals surface area (Å²) in [7, 11) is 1.93. The van der Waals surface area contributed by atoms with Gasteiger partial charge in [0.25, 0.3) is 0 Å². The van der Waals surface area contributed by atoms with Crippen LogP contribution < -0.4 is 4.90 Å². The quantitative estimate of drug-likeness (QED) is 0.152. The number of allylic oxidation sites excluding steroid dienone is 1. The molecule has 0 fully saturated rings. The van der Waals surface area contributed by atoms with Crippen LogP contribution in [0.25, 0.3) is 28.0 Å². The molecule has 1 aliphatic heterocycles. The Labute approximate surface area is 253 Å². The molecule has 1 aliphatic carbocycles. The first-order valence-electron chi connectivity index (χ1n) is 14.4. The van der Waals surface area contributed by atoms with E-state index in [2.05, 4.69) is 0 Å². The summed E-state index contributed by atoms with van der Waals surface area (Å²) in [6.45, 7) is 5.75. The number of nitrogens with zero attached hydrogens (tertiary/aromatic N) is 1. The Morgan fingerprint density at radius 2 is 1.30 bits per heavy atom. The van der Waals surface area contributed by atoms with Gasteiger partial charge >= 0.3 is 6.18 Å². The van der Waals surface area contributed by atoms with Crippen LogP contribution in [-0.2, 0) is 11.6 Å². The number of anilines is 2. The van der Waals surface area contributed by atoms with Crippen molar-refractivity contribution < 1.29 is 22.8 Å². The Bertz CT molecular complexity index is 2050. The predicted molar refractivity (Wildman–Crippen MR) is 169 cm³/mol. The summed E-state index contributed by atoms with van der Waals surface area (Å²) < 4.78 is 42.1. The summed E-state index contributed by atoms with van der Waals surface area (Å²) in [5.74, 6) is -0.586. The topological polar surface area (TPSA) is 37.4 Å². The molecule has 3 nitrogen and oxygen atoms in total. The van der Waals surface area contributed by atoms with E-state index in [0.29, 0.717) is 27.8 Å². The summed E-state index contributed by atoms with van der Waals surface area (Å²) in [5, 5.41) is 1.80. The standard InChI is InChI=1S/C38H28F3NO2/c1-21-9-12-26(30(15-21)38(39,40)41)25-11-14-34-32(20-25)37(2,3)31-17-22(10-13-33(31)42(34)4)16-29-35(43)27-18-23-7-5-6-8-24(23)19-28(27)36(29)44/h5-20H,1-4H3. The van der Waals surface area contributed by atoms with Crippen molar-refractivity contribution in [3.05, 3.63) is 136 Å². The molecule has 0 amide bonds. The predicted octanol–water partition coefficient (Wildman–Crippen LogP) is 9.70. The number of carbonyl (C=O) groups excluding carboxylic acids is 2. The second-order valence-corrected chi connectivity index (χ2v) is 12.2. The first kappa shape index (κ1) is 27.8. The minimum atomic E-state index is -4.49. The highest BCUT2D eigenvalue weighted by Crippen LogP contribution is 2.50. The van der Waals surface area contributed by atoms with Crippen molar-refractivity contribution in [3.63, 3.8) is 0 Å². The number of alkyl halides is 3. The van der Waals surface area contributed by atoms with E-state index in [0.717, 1.165) is 33.3 Å². The number of fused-ring (bicyclic) bond motifs is 4. The second-order valence-electron chi connectivity index (χ2n) is 12.2. The summed E-state index contributed by atoms with van der Waals surface area (Å²) >= 11 is 0. The fourth-order valence-corrected chi connectivity index (χ4v) is 6.66. The van der Waals surface area contributed by atoms with Crippen molar-refractivity contribution in [2.75, 3.05) is 11.9 Å². The van der Waals surface area contributed by atoms with Crippen LogP contribution in [0.3, 0.4) is 0 Å². The Morgan fingerprint density at radius 3 is 1.91 bits per heavy atom. The molecule has 6 heteroatoms. The van der Waals surface area contributed by atoms with E-state index < -0.39 is 17.2 Å². The monoisotopic (exact) mass is 587 g/mol. The van der Waals surface area contributed by atoms with E-state index in [9.17, 15) is 22.8 Å². The highest BCUT2D eigenvalue weighted by Gasteiger charge is 2.38. The van der Waals surface area contributed by atoms with Crippen LogP contribution in [0.5, 0.6) is 0 Å². The SMILES string of the molecule is Cc1ccc(-c2ccc3c(c2)C(C)(C)c2cc(C=C4C(=O)c5cc6ccccc6cc5C4=O)ccc2N3C)c(C(F)(F)F)c1. The van der Waals surface area contributed by atoms with Gasteiger partial charge in [-0.3, -0.25) is 9.59 Å². The molecule has 0 atom stereocenters. The van der Waals surface area contributed by atoms with Gasteiger partial charge in [0.1, 0.15) is 0 Å². The summed E-state index contributed by atoms with van der Waals surface area (Å²) in [4.78, 5) is 28.8. The largest absolute Gasteiger partial charge is 0.417 e. The van der Waals surface area contributed by atoms with Crippen molar-refractivity contribution >= 4 is 39.8 Å².